The number of alkyl halides is 3. The minimum atomic E-state index is -4.53. The van der Waals surface area contributed by atoms with E-state index < -0.39 is 17.6 Å². The molecule has 0 aromatic carbocycles. The number of carbonyl (C=O) groups excluding carboxylic acids is 1. The number of rotatable bonds is 7. The number of hydrogen-bond acceptors (Lipinski definition) is 7. The third-order valence-electron chi connectivity index (χ3n) is 4.51. The lowest BCUT2D eigenvalue weighted by Crippen LogP contribution is -2.35. The summed E-state index contributed by atoms with van der Waals surface area (Å²) in [7, 11) is 0. The first kappa shape index (κ1) is 22.0. The van der Waals surface area contributed by atoms with Crippen molar-refractivity contribution in [3.05, 3.63) is 63.5 Å². The molecule has 0 aliphatic carbocycles. The molecule has 7 nitrogen and oxygen atoms in total. The number of amides is 1. The van der Waals surface area contributed by atoms with Crippen molar-refractivity contribution in [2.45, 2.75) is 12.7 Å². The molecule has 0 spiro atoms. The predicted octanol–water partition coefficient (Wildman–Crippen LogP) is 3.83. The highest BCUT2D eigenvalue weighted by Gasteiger charge is 2.33. The van der Waals surface area contributed by atoms with Gasteiger partial charge >= 0.3 is 6.18 Å². The van der Waals surface area contributed by atoms with E-state index in [0.29, 0.717) is 10.2 Å². The number of anilines is 1. The average molecular weight is 480 g/mol. The predicted molar refractivity (Wildman–Crippen MR) is 118 cm³/mol. The van der Waals surface area contributed by atoms with Crippen LogP contribution in [-0.4, -0.2) is 33.5 Å². The van der Waals surface area contributed by atoms with Gasteiger partial charge in [0.25, 0.3) is 5.56 Å². The Hall–Kier alpha value is -3.25. The molecule has 166 valence electrons. The van der Waals surface area contributed by atoms with Gasteiger partial charge in [-0.1, -0.05) is 6.07 Å². The zero-order valence-electron chi connectivity index (χ0n) is 16.3. The number of nitrogens with one attached hydrogen (secondary N) is 2. The molecule has 1 amide bonds. The summed E-state index contributed by atoms with van der Waals surface area (Å²) in [4.78, 5) is 34.7. The zero-order chi connectivity index (χ0) is 22.7. The second-order valence-electron chi connectivity index (χ2n) is 6.66. The number of fused-ring (bicyclic) bond motifs is 1. The van der Waals surface area contributed by atoms with Crippen molar-refractivity contribution in [3.63, 3.8) is 0 Å². The van der Waals surface area contributed by atoms with E-state index in [2.05, 4.69) is 20.6 Å². The van der Waals surface area contributed by atoms with E-state index in [0.717, 1.165) is 16.5 Å². The second kappa shape index (κ2) is 9.09. The fourth-order valence-corrected chi connectivity index (χ4v) is 4.78. The summed E-state index contributed by atoms with van der Waals surface area (Å²) in [5.41, 5.74) is -0.418. The largest absolute Gasteiger partial charge is 0.419 e. The molecule has 4 aromatic rings. The SMILES string of the molecule is O=C(Cn1cnc2scc(-c3cccs3)c2c1=O)NCCNc1ncccc1C(F)(F)F. The van der Waals surface area contributed by atoms with Crippen LogP contribution in [0.4, 0.5) is 19.0 Å². The Morgan fingerprint density at radius 2 is 1.97 bits per heavy atom. The number of aromatic nitrogens is 3. The van der Waals surface area contributed by atoms with Crippen molar-refractivity contribution >= 4 is 44.6 Å². The fraction of sp³-hybridized carbons (Fsp3) is 0.200. The molecule has 4 rings (SSSR count). The van der Waals surface area contributed by atoms with Gasteiger partial charge in [0.05, 0.1) is 17.3 Å². The molecule has 0 fully saturated rings. The van der Waals surface area contributed by atoms with Crippen molar-refractivity contribution < 1.29 is 18.0 Å². The maximum Gasteiger partial charge on any atom is 0.419 e. The molecule has 0 aliphatic heterocycles. The highest BCUT2D eigenvalue weighted by molar-refractivity contribution is 7.18. The number of carbonyl (C=O) groups is 1. The van der Waals surface area contributed by atoms with Crippen LogP contribution in [0.5, 0.6) is 0 Å². The molecule has 0 radical (unpaired) electrons. The smallest absolute Gasteiger partial charge is 0.368 e. The standard InChI is InChI=1S/C20H16F3N5O2S2/c21-20(22,23)13-3-1-5-25-17(13)26-7-6-24-15(29)9-28-11-27-18-16(19(28)30)12(10-32-18)14-4-2-8-31-14/h1-5,8,10-11H,6-7,9H2,(H,24,29)(H,25,26). The minimum absolute atomic E-state index is 0.0328. The first-order chi connectivity index (χ1) is 15.3. The fourth-order valence-electron chi connectivity index (χ4n) is 3.06. The molecule has 0 unspecified atom stereocenters. The molecule has 12 heteroatoms. The summed E-state index contributed by atoms with van der Waals surface area (Å²) < 4.78 is 40.2. The number of hydrogen-bond donors (Lipinski definition) is 2. The van der Waals surface area contributed by atoms with Crippen LogP contribution < -0.4 is 16.2 Å². The van der Waals surface area contributed by atoms with Crippen LogP contribution in [-0.2, 0) is 17.5 Å². The Labute approximate surface area is 187 Å². The molecule has 0 saturated heterocycles. The van der Waals surface area contributed by atoms with Crippen LogP contribution in [0.15, 0.2) is 52.3 Å². The zero-order valence-corrected chi connectivity index (χ0v) is 18.0. The van der Waals surface area contributed by atoms with Crippen LogP contribution in [0.2, 0.25) is 0 Å². The van der Waals surface area contributed by atoms with Gasteiger partial charge in [0.2, 0.25) is 5.91 Å². The number of halogens is 3. The molecule has 4 heterocycles. The van der Waals surface area contributed by atoms with E-state index in [4.69, 9.17) is 0 Å². The molecule has 0 atom stereocenters. The van der Waals surface area contributed by atoms with Gasteiger partial charge in [-0.05, 0) is 23.6 Å². The van der Waals surface area contributed by atoms with E-state index in [1.807, 2.05) is 22.9 Å². The maximum atomic E-state index is 13.0. The molecule has 32 heavy (non-hydrogen) atoms. The van der Waals surface area contributed by atoms with E-state index in [1.54, 1.807) is 0 Å². The summed E-state index contributed by atoms with van der Waals surface area (Å²) in [5, 5.41) is 9.39. The van der Waals surface area contributed by atoms with Crippen LogP contribution >= 0.6 is 22.7 Å². The third kappa shape index (κ3) is 4.65. The first-order valence-electron chi connectivity index (χ1n) is 9.38. The topological polar surface area (TPSA) is 88.9 Å². The van der Waals surface area contributed by atoms with Crippen LogP contribution in [0.1, 0.15) is 5.56 Å². The Morgan fingerprint density at radius 3 is 2.72 bits per heavy atom. The first-order valence-corrected chi connectivity index (χ1v) is 11.1. The van der Waals surface area contributed by atoms with Crippen molar-refractivity contribution in [1.82, 2.24) is 19.9 Å². The maximum absolute atomic E-state index is 13.0. The van der Waals surface area contributed by atoms with Crippen molar-refractivity contribution in [2.75, 3.05) is 18.4 Å². The third-order valence-corrected chi connectivity index (χ3v) is 6.30. The normalized spacial score (nSPS) is 11.6. The molecular weight excluding hydrogens is 463 g/mol. The Kier molecular flexibility index (Phi) is 6.24. The molecule has 4 aromatic heterocycles. The van der Waals surface area contributed by atoms with E-state index >= 15 is 0 Å². The van der Waals surface area contributed by atoms with Crippen LogP contribution in [0.25, 0.3) is 20.7 Å². The minimum Gasteiger partial charge on any atom is -0.368 e. The van der Waals surface area contributed by atoms with Gasteiger partial charge < -0.3 is 10.6 Å². The lowest BCUT2D eigenvalue weighted by atomic mass is 10.2. The highest BCUT2D eigenvalue weighted by Crippen LogP contribution is 2.34. The van der Waals surface area contributed by atoms with Gasteiger partial charge in [0.1, 0.15) is 17.2 Å². The van der Waals surface area contributed by atoms with E-state index in [-0.39, 0.29) is 31.0 Å². The number of nitrogens with zero attached hydrogens (tertiary/aromatic N) is 3. The van der Waals surface area contributed by atoms with Crippen LogP contribution in [0.3, 0.4) is 0 Å². The van der Waals surface area contributed by atoms with E-state index in [1.165, 1.54) is 45.8 Å². The average Bonchev–Trinajstić information content (AvgIpc) is 3.43. The number of thiophene rings is 2. The molecule has 0 aliphatic rings. The quantitative estimate of drug-likeness (QED) is 0.394. The monoisotopic (exact) mass is 479 g/mol. The van der Waals surface area contributed by atoms with E-state index in [9.17, 15) is 22.8 Å². The van der Waals surface area contributed by atoms with Crippen molar-refractivity contribution in [2.24, 2.45) is 0 Å². The number of pyridine rings is 1. The molecular formula is C20H16F3N5O2S2. The summed E-state index contributed by atoms with van der Waals surface area (Å²) in [6, 6.07) is 5.94. The van der Waals surface area contributed by atoms with Gasteiger partial charge in [0, 0.05) is 35.1 Å². The summed E-state index contributed by atoms with van der Waals surface area (Å²) in [6.45, 7) is -0.167. The van der Waals surface area contributed by atoms with Gasteiger partial charge in [-0.15, -0.1) is 22.7 Å². The van der Waals surface area contributed by atoms with Gasteiger partial charge in [-0.3, -0.25) is 14.2 Å². The highest BCUT2D eigenvalue weighted by atomic mass is 32.1. The van der Waals surface area contributed by atoms with Crippen LogP contribution in [0, 0.1) is 0 Å². The summed E-state index contributed by atoms with van der Waals surface area (Å²) in [5.74, 6) is -0.765. The molecule has 0 saturated carbocycles. The lowest BCUT2D eigenvalue weighted by Gasteiger charge is -2.13. The van der Waals surface area contributed by atoms with Gasteiger partial charge in [0.15, 0.2) is 0 Å². The lowest BCUT2D eigenvalue weighted by molar-refractivity contribution is -0.137. The molecule has 2 N–H and O–H groups in total. The Morgan fingerprint density at radius 1 is 1.12 bits per heavy atom. The summed E-state index contributed by atoms with van der Waals surface area (Å²) >= 11 is 2.87. The Balaban J connectivity index is 1.39. The second-order valence-corrected chi connectivity index (χ2v) is 8.46. The van der Waals surface area contributed by atoms with Gasteiger partial charge in [-0.2, -0.15) is 13.2 Å². The van der Waals surface area contributed by atoms with Gasteiger partial charge in [-0.25, -0.2) is 9.97 Å². The van der Waals surface area contributed by atoms with Crippen molar-refractivity contribution in [3.8, 4) is 10.4 Å². The summed E-state index contributed by atoms with van der Waals surface area (Å²) in [6.07, 6.45) is -1.96. The van der Waals surface area contributed by atoms with Crippen molar-refractivity contribution in [1.29, 1.82) is 0 Å². The Bertz CT molecular complexity index is 1300. The molecule has 0 bridgehead atoms.